The van der Waals surface area contributed by atoms with E-state index in [4.69, 9.17) is 14.2 Å². The molecule has 0 atom stereocenters. The second kappa shape index (κ2) is 7.07. The fraction of sp³-hybridized carbons (Fsp3) is 0.625. The summed E-state index contributed by atoms with van der Waals surface area (Å²) in [4.78, 5) is 0. The summed E-state index contributed by atoms with van der Waals surface area (Å²) >= 11 is 0. The van der Waals surface area contributed by atoms with Crippen LogP contribution in [0.15, 0.2) is 18.2 Å². The van der Waals surface area contributed by atoms with Crippen LogP contribution in [0.1, 0.15) is 25.0 Å². The van der Waals surface area contributed by atoms with Crippen LogP contribution in [0.2, 0.25) is 0 Å². The molecule has 0 saturated heterocycles. The average Bonchev–Trinajstić information content (AvgIpc) is 2.71. The van der Waals surface area contributed by atoms with E-state index in [1.54, 1.807) is 7.11 Å². The zero-order valence-corrected chi connectivity index (χ0v) is 12.7. The molecule has 0 bridgehead atoms. The highest BCUT2D eigenvalue weighted by Gasteiger charge is 2.29. The molecule has 1 N–H and O–H groups in total. The van der Waals surface area contributed by atoms with E-state index < -0.39 is 0 Å². The Kier molecular flexibility index (Phi) is 5.40. The monoisotopic (exact) mass is 279 g/mol. The van der Waals surface area contributed by atoms with Crippen molar-refractivity contribution in [1.29, 1.82) is 0 Å². The first-order valence-corrected chi connectivity index (χ1v) is 7.19. The van der Waals surface area contributed by atoms with Crippen molar-refractivity contribution in [3.63, 3.8) is 0 Å². The van der Waals surface area contributed by atoms with Crippen molar-refractivity contribution in [3.8, 4) is 5.75 Å². The molecule has 2 rings (SSSR count). The minimum atomic E-state index is -0.0659. The Morgan fingerprint density at radius 1 is 1.25 bits per heavy atom. The summed E-state index contributed by atoms with van der Waals surface area (Å²) in [7, 11) is 1.68. The zero-order valence-electron chi connectivity index (χ0n) is 12.7. The van der Waals surface area contributed by atoms with Crippen molar-refractivity contribution in [2.75, 3.05) is 33.5 Å². The Morgan fingerprint density at radius 2 is 2.10 bits per heavy atom. The fourth-order valence-electron chi connectivity index (χ4n) is 2.39. The molecule has 20 heavy (non-hydrogen) atoms. The van der Waals surface area contributed by atoms with E-state index in [1.807, 2.05) is 0 Å². The molecule has 0 aromatic heterocycles. The van der Waals surface area contributed by atoms with Crippen LogP contribution < -0.4 is 10.1 Å². The van der Waals surface area contributed by atoms with Crippen molar-refractivity contribution in [2.45, 2.75) is 32.4 Å². The molecule has 1 aromatic carbocycles. The molecular formula is C16H25NO3. The Balaban J connectivity index is 1.70. The second-order valence-corrected chi connectivity index (χ2v) is 5.76. The zero-order chi connectivity index (χ0) is 14.4. The number of fused-ring (bicyclic) bond motifs is 1. The minimum absolute atomic E-state index is 0.0659. The molecular weight excluding hydrogens is 254 g/mol. The van der Waals surface area contributed by atoms with Crippen molar-refractivity contribution in [2.24, 2.45) is 0 Å². The van der Waals surface area contributed by atoms with E-state index in [2.05, 4.69) is 37.4 Å². The van der Waals surface area contributed by atoms with Gasteiger partial charge in [0, 0.05) is 26.6 Å². The van der Waals surface area contributed by atoms with Crippen LogP contribution in [0.5, 0.6) is 5.75 Å². The van der Waals surface area contributed by atoms with Crippen molar-refractivity contribution >= 4 is 0 Å². The maximum atomic E-state index is 5.88. The van der Waals surface area contributed by atoms with Gasteiger partial charge in [0.1, 0.15) is 11.4 Å². The lowest BCUT2D eigenvalue weighted by atomic mass is 10.0. The van der Waals surface area contributed by atoms with Gasteiger partial charge in [-0.25, -0.2) is 0 Å². The predicted octanol–water partition coefficient (Wildman–Crippen LogP) is 2.15. The molecule has 0 spiro atoms. The van der Waals surface area contributed by atoms with Gasteiger partial charge >= 0.3 is 0 Å². The van der Waals surface area contributed by atoms with Crippen molar-refractivity contribution in [1.82, 2.24) is 5.32 Å². The standard InChI is InChI=1S/C16H25NO3/c1-16(2)11-14-10-13(4-5-15(14)20-16)12-17-6-7-19-9-8-18-3/h4-5,10,17H,6-9,11-12H2,1-3H3. The highest BCUT2D eigenvalue weighted by atomic mass is 16.5. The summed E-state index contributed by atoms with van der Waals surface area (Å²) in [5.41, 5.74) is 2.54. The van der Waals surface area contributed by atoms with Gasteiger partial charge in [0.25, 0.3) is 0 Å². The van der Waals surface area contributed by atoms with E-state index in [9.17, 15) is 0 Å². The first kappa shape index (κ1) is 15.3. The minimum Gasteiger partial charge on any atom is -0.487 e. The van der Waals surface area contributed by atoms with E-state index in [1.165, 1.54) is 11.1 Å². The third-order valence-corrected chi connectivity index (χ3v) is 3.31. The number of methoxy groups -OCH3 is 1. The van der Waals surface area contributed by atoms with E-state index in [-0.39, 0.29) is 5.60 Å². The molecule has 1 aliphatic rings. The van der Waals surface area contributed by atoms with Crippen molar-refractivity contribution < 1.29 is 14.2 Å². The molecule has 1 heterocycles. The topological polar surface area (TPSA) is 39.7 Å². The van der Waals surface area contributed by atoms with Crippen LogP contribution in [-0.2, 0) is 22.4 Å². The smallest absolute Gasteiger partial charge is 0.123 e. The van der Waals surface area contributed by atoms with Gasteiger partial charge < -0.3 is 19.5 Å². The number of benzene rings is 1. The number of rotatable bonds is 8. The van der Waals surface area contributed by atoms with Crippen LogP contribution in [0, 0.1) is 0 Å². The number of nitrogens with one attached hydrogen (secondary N) is 1. The lowest BCUT2D eigenvalue weighted by Crippen LogP contribution is -2.24. The fourth-order valence-corrected chi connectivity index (χ4v) is 2.39. The second-order valence-electron chi connectivity index (χ2n) is 5.76. The Hall–Kier alpha value is -1.10. The molecule has 4 nitrogen and oxygen atoms in total. The van der Waals surface area contributed by atoms with Gasteiger partial charge in [-0.05, 0) is 31.0 Å². The lowest BCUT2D eigenvalue weighted by molar-refractivity contribution is 0.0719. The maximum Gasteiger partial charge on any atom is 0.123 e. The molecule has 1 aromatic rings. The SMILES string of the molecule is COCCOCCNCc1ccc2c(c1)CC(C)(C)O2. The summed E-state index contributed by atoms with van der Waals surface area (Å²) in [5, 5.41) is 3.38. The number of ether oxygens (including phenoxy) is 3. The molecule has 0 amide bonds. The summed E-state index contributed by atoms with van der Waals surface area (Å²) < 4.78 is 16.2. The van der Waals surface area contributed by atoms with Gasteiger partial charge in [-0.2, -0.15) is 0 Å². The average molecular weight is 279 g/mol. The van der Waals surface area contributed by atoms with Gasteiger partial charge in [0.2, 0.25) is 0 Å². The molecule has 0 radical (unpaired) electrons. The van der Waals surface area contributed by atoms with Gasteiger partial charge in [-0.1, -0.05) is 12.1 Å². The van der Waals surface area contributed by atoms with Crippen LogP contribution in [-0.4, -0.2) is 39.1 Å². The molecule has 0 unspecified atom stereocenters. The summed E-state index contributed by atoms with van der Waals surface area (Å²) in [6.07, 6.45) is 0.982. The Bertz CT molecular complexity index is 432. The summed E-state index contributed by atoms with van der Waals surface area (Å²) in [6, 6.07) is 6.44. The van der Waals surface area contributed by atoms with Gasteiger partial charge in [-0.3, -0.25) is 0 Å². The highest BCUT2D eigenvalue weighted by molar-refractivity contribution is 5.41. The Labute approximate surface area is 121 Å². The molecule has 112 valence electrons. The Morgan fingerprint density at radius 3 is 2.90 bits per heavy atom. The normalized spacial score (nSPS) is 15.9. The predicted molar refractivity (Wildman–Crippen MR) is 79.3 cm³/mol. The first-order chi connectivity index (χ1) is 9.61. The van der Waals surface area contributed by atoms with Crippen LogP contribution in [0.3, 0.4) is 0 Å². The highest BCUT2D eigenvalue weighted by Crippen LogP contribution is 2.35. The number of hydrogen-bond acceptors (Lipinski definition) is 4. The molecule has 0 aliphatic carbocycles. The van der Waals surface area contributed by atoms with E-state index in [0.29, 0.717) is 19.8 Å². The third kappa shape index (κ3) is 4.47. The maximum absolute atomic E-state index is 5.88. The molecule has 0 saturated carbocycles. The largest absolute Gasteiger partial charge is 0.487 e. The molecule has 4 heteroatoms. The van der Waals surface area contributed by atoms with Crippen LogP contribution in [0.25, 0.3) is 0 Å². The number of hydrogen-bond donors (Lipinski definition) is 1. The third-order valence-electron chi connectivity index (χ3n) is 3.31. The van der Waals surface area contributed by atoms with Gasteiger partial charge in [0.15, 0.2) is 0 Å². The van der Waals surface area contributed by atoms with Crippen LogP contribution >= 0.6 is 0 Å². The van der Waals surface area contributed by atoms with Gasteiger partial charge in [-0.15, -0.1) is 0 Å². The molecule has 0 fully saturated rings. The molecule has 1 aliphatic heterocycles. The lowest BCUT2D eigenvalue weighted by Gasteiger charge is -2.16. The summed E-state index contributed by atoms with van der Waals surface area (Å²) in [6.45, 7) is 7.99. The quantitative estimate of drug-likeness (QED) is 0.740. The summed E-state index contributed by atoms with van der Waals surface area (Å²) in [5.74, 6) is 1.03. The first-order valence-electron chi connectivity index (χ1n) is 7.19. The van der Waals surface area contributed by atoms with E-state index in [0.717, 1.165) is 25.3 Å². The van der Waals surface area contributed by atoms with Crippen LogP contribution in [0.4, 0.5) is 0 Å². The van der Waals surface area contributed by atoms with Gasteiger partial charge in [0.05, 0.1) is 19.8 Å². The van der Waals surface area contributed by atoms with E-state index >= 15 is 0 Å². The van der Waals surface area contributed by atoms with Crippen molar-refractivity contribution in [3.05, 3.63) is 29.3 Å².